The van der Waals surface area contributed by atoms with Crippen LogP contribution in [0.1, 0.15) is 28.8 Å². The maximum absolute atomic E-state index is 13.8. The van der Waals surface area contributed by atoms with Crippen LogP contribution in [0.5, 0.6) is 5.75 Å². The third kappa shape index (κ3) is 4.30. The number of halogens is 1. The molecule has 156 valence electrons. The molecule has 1 aliphatic heterocycles. The average molecular weight is 408 g/mol. The first kappa shape index (κ1) is 19.9. The van der Waals surface area contributed by atoms with Gasteiger partial charge in [0.25, 0.3) is 5.91 Å². The number of anilines is 1. The molecule has 0 unspecified atom stereocenters. The lowest BCUT2D eigenvalue weighted by molar-refractivity contribution is 0.0932. The number of piperidine rings is 1. The summed E-state index contributed by atoms with van der Waals surface area (Å²) in [6.45, 7) is 3.21. The Labute approximate surface area is 175 Å². The number of aromatic nitrogens is 2. The number of ether oxygens (including phenoxy) is 1. The van der Waals surface area contributed by atoms with E-state index in [-0.39, 0.29) is 17.8 Å². The molecule has 6 nitrogen and oxygen atoms in total. The van der Waals surface area contributed by atoms with Crippen molar-refractivity contribution in [3.8, 4) is 17.0 Å². The highest BCUT2D eigenvalue weighted by Crippen LogP contribution is 2.25. The van der Waals surface area contributed by atoms with E-state index in [0.29, 0.717) is 17.7 Å². The van der Waals surface area contributed by atoms with Gasteiger partial charge in [0.1, 0.15) is 11.6 Å². The van der Waals surface area contributed by atoms with Gasteiger partial charge in [0.15, 0.2) is 5.82 Å². The number of aryl methyl sites for hydroxylation is 1. The number of carbonyl (C=O) groups is 1. The van der Waals surface area contributed by atoms with E-state index in [4.69, 9.17) is 4.74 Å². The number of rotatable bonds is 5. The molecule has 2 heterocycles. The van der Waals surface area contributed by atoms with Gasteiger partial charge in [-0.15, -0.1) is 0 Å². The van der Waals surface area contributed by atoms with Crippen molar-refractivity contribution in [1.29, 1.82) is 0 Å². The number of aromatic amines is 1. The molecule has 30 heavy (non-hydrogen) atoms. The summed E-state index contributed by atoms with van der Waals surface area (Å²) in [4.78, 5) is 14.7. The summed E-state index contributed by atoms with van der Waals surface area (Å²) in [7, 11) is 1.64. The van der Waals surface area contributed by atoms with Gasteiger partial charge >= 0.3 is 0 Å². The molecule has 0 bridgehead atoms. The lowest BCUT2D eigenvalue weighted by Gasteiger charge is -2.33. The van der Waals surface area contributed by atoms with Gasteiger partial charge in [-0.3, -0.25) is 9.89 Å². The van der Waals surface area contributed by atoms with E-state index in [1.807, 2.05) is 30.3 Å². The normalized spacial score (nSPS) is 16.4. The van der Waals surface area contributed by atoms with Crippen LogP contribution >= 0.6 is 0 Å². The number of carbonyl (C=O) groups excluding carboxylic acids is 1. The van der Waals surface area contributed by atoms with Gasteiger partial charge < -0.3 is 15.0 Å². The molecule has 1 fully saturated rings. The maximum atomic E-state index is 13.8. The zero-order valence-corrected chi connectivity index (χ0v) is 17.1. The highest BCUT2D eigenvalue weighted by atomic mass is 19.1. The van der Waals surface area contributed by atoms with Gasteiger partial charge in [0.2, 0.25) is 0 Å². The molecular weight excluding hydrogens is 383 g/mol. The van der Waals surface area contributed by atoms with Crippen molar-refractivity contribution >= 4 is 11.7 Å². The summed E-state index contributed by atoms with van der Waals surface area (Å²) in [5.41, 5.74) is 2.82. The molecule has 0 spiro atoms. The van der Waals surface area contributed by atoms with E-state index in [9.17, 15) is 9.18 Å². The molecule has 1 aliphatic rings. The second kappa shape index (κ2) is 8.57. The standard InChI is InChI=1S/C23H25FN4O2/c1-15-5-6-17(12-20(15)24)23(29)25-18-4-3-11-28(14-18)22-13-21(26-27-22)16-7-9-19(30-2)10-8-16/h5-10,12-13,18H,3-4,11,14H2,1-2H3,(H,25,29)(H,26,27)/t18-/m0/s1. The first-order valence-electron chi connectivity index (χ1n) is 10.1. The van der Waals surface area contributed by atoms with Crippen molar-refractivity contribution in [3.05, 3.63) is 65.5 Å². The van der Waals surface area contributed by atoms with Gasteiger partial charge in [-0.2, -0.15) is 5.10 Å². The fourth-order valence-corrected chi connectivity index (χ4v) is 3.70. The SMILES string of the molecule is COc1ccc(-c2cc(N3CCC[C@H](NC(=O)c4ccc(C)c(F)c4)C3)n[nH]2)cc1. The smallest absolute Gasteiger partial charge is 0.251 e. The fraction of sp³-hybridized carbons (Fsp3) is 0.304. The van der Waals surface area contributed by atoms with E-state index < -0.39 is 0 Å². The number of amides is 1. The minimum absolute atomic E-state index is 0.0169. The van der Waals surface area contributed by atoms with Crippen LogP contribution in [0, 0.1) is 12.7 Å². The number of methoxy groups -OCH3 is 1. The van der Waals surface area contributed by atoms with Gasteiger partial charge in [-0.25, -0.2) is 4.39 Å². The summed E-state index contributed by atoms with van der Waals surface area (Å²) in [6.07, 6.45) is 1.82. The van der Waals surface area contributed by atoms with Crippen LogP contribution in [0.2, 0.25) is 0 Å². The Morgan fingerprint density at radius 1 is 1.23 bits per heavy atom. The van der Waals surface area contributed by atoms with Crippen LogP contribution in [-0.4, -0.2) is 42.3 Å². The molecule has 4 rings (SSSR count). The van der Waals surface area contributed by atoms with Crippen LogP contribution in [0.4, 0.5) is 10.2 Å². The van der Waals surface area contributed by atoms with Crippen molar-refractivity contribution in [3.63, 3.8) is 0 Å². The van der Waals surface area contributed by atoms with Crippen LogP contribution < -0.4 is 15.0 Å². The molecule has 2 aromatic carbocycles. The topological polar surface area (TPSA) is 70.2 Å². The predicted molar refractivity (Wildman–Crippen MR) is 114 cm³/mol. The molecule has 7 heteroatoms. The molecule has 1 saturated heterocycles. The van der Waals surface area contributed by atoms with Crippen LogP contribution in [0.15, 0.2) is 48.5 Å². The Morgan fingerprint density at radius 2 is 2.03 bits per heavy atom. The number of nitrogens with zero attached hydrogens (tertiary/aromatic N) is 2. The maximum Gasteiger partial charge on any atom is 0.251 e. The minimum Gasteiger partial charge on any atom is -0.497 e. The second-order valence-corrected chi connectivity index (χ2v) is 7.59. The van der Waals surface area contributed by atoms with Crippen molar-refractivity contribution in [1.82, 2.24) is 15.5 Å². The second-order valence-electron chi connectivity index (χ2n) is 7.59. The van der Waals surface area contributed by atoms with Crippen molar-refractivity contribution < 1.29 is 13.9 Å². The first-order valence-corrected chi connectivity index (χ1v) is 10.1. The van der Waals surface area contributed by atoms with Crippen LogP contribution in [0.25, 0.3) is 11.3 Å². The number of nitrogens with one attached hydrogen (secondary N) is 2. The Morgan fingerprint density at radius 3 is 2.77 bits per heavy atom. The lowest BCUT2D eigenvalue weighted by atomic mass is 10.0. The largest absolute Gasteiger partial charge is 0.497 e. The summed E-state index contributed by atoms with van der Waals surface area (Å²) in [5.74, 6) is 1.04. The fourth-order valence-electron chi connectivity index (χ4n) is 3.70. The van der Waals surface area contributed by atoms with Crippen molar-refractivity contribution in [2.24, 2.45) is 0 Å². The summed E-state index contributed by atoms with van der Waals surface area (Å²) in [6, 6.07) is 14.4. The monoisotopic (exact) mass is 408 g/mol. The van der Waals surface area contributed by atoms with Crippen molar-refractivity contribution in [2.75, 3.05) is 25.1 Å². The third-order valence-corrected chi connectivity index (χ3v) is 5.48. The van der Waals surface area contributed by atoms with Crippen LogP contribution in [-0.2, 0) is 0 Å². The highest BCUT2D eigenvalue weighted by Gasteiger charge is 2.24. The summed E-state index contributed by atoms with van der Waals surface area (Å²) < 4.78 is 19.0. The molecule has 0 aliphatic carbocycles. The van der Waals surface area contributed by atoms with Gasteiger partial charge in [0, 0.05) is 30.8 Å². The first-order chi connectivity index (χ1) is 14.5. The van der Waals surface area contributed by atoms with Gasteiger partial charge in [0.05, 0.1) is 12.8 Å². The van der Waals surface area contributed by atoms with Crippen molar-refractivity contribution in [2.45, 2.75) is 25.8 Å². The summed E-state index contributed by atoms with van der Waals surface area (Å²) >= 11 is 0. The zero-order chi connectivity index (χ0) is 21.1. The quantitative estimate of drug-likeness (QED) is 0.671. The molecular formula is C23H25FN4O2. The number of benzene rings is 2. The lowest BCUT2D eigenvalue weighted by Crippen LogP contribution is -2.48. The molecule has 0 saturated carbocycles. The molecule has 3 aromatic rings. The Balaban J connectivity index is 1.42. The van der Waals surface area contributed by atoms with Crippen LogP contribution in [0.3, 0.4) is 0 Å². The van der Waals surface area contributed by atoms with E-state index in [1.165, 1.54) is 6.07 Å². The molecule has 0 radical (unpaired) electrons. The molecule has 1 aromatic heterocycles. The Hall–Kier alpha value is -3.35. The summed E-state index contributed by atoms with van der Waals surface area (Å²) in [5, 5.41) is 10.6. The van der Waals surface area contributed by atoms with E-state index in [0.717, 1.165) is 42.2 Å². The van der Waals surface area contributed by atoms with E-state index in [2.05, 4.69) is 20.4 Å². The average Bonchev–Trinajstić information content (AvgIpc) is 3.26. The predicted octanol–water partition coefficient (Wildman–Crippen LogP) is 3.93. The van der Waals surface area contributed by atoms with E-state index >= 15 is 0 Å². The zero-order valence-electron chi connectivity index (χ0n) is 17.1. The van der Waals surface area contributed by atoms with E-state index in [1.54, 1.807) is 26.2 Å². The van der Waals surface area contributed by atoms with Gasteiger partial charge in [-0.1, -0.05) is 6.07 Å². The molecule has 1 amide bonds. The Kier molecular flexibility index (Phi) is 5.70. The Bertz CT molecular complexity index is 1030. The minimum atomic E-state index is -0.365. The number of H-pyrrole nitrogens is 1. The number of hydrogen-bond acceptors (Lipinski definition) is 4. The molecule has 1 atom stereocenters. The third-order valence-electron chi connectivity index (χ3n) is 5.48. The highest BCUT2D eigenvalue weighted by molar-refractivity contribution is 5.94. The molecule has 2 N–H and O–H groups in total. The van der Waals surface area contributed by atoms with Gasteiger partial charge in [-0.05, 0) is 67.3 Å². The number of hydrogen-bond donors (Lipinski definition) is 2.